The number of hydrogen-bond donors (Lipinski definition) is 1. The zero-order valence-electron chi connectivity index (χ0n) is 32.2. The minimum Gasteiger partial charge on any atom is -0.501 e. The average Bonchev–Trinajstić information content (AvgIpc) is 3.94. The van der Waals surface area contributed by atoms with Crippen molar-refractivity contribution < 1.29 is 46.1 Å². The zero-order valence-corrected chi connectivity index (χ0v) is 33.7. The van der Waals surface area contributed by atoms with Gasteiger partial charge in [-0.3, -0.25) is 9.58 Å². The Morgan fingerprint density at radius 1 is 1.05 bits per heavy atom. The van der Waals surface area contributed by atoms with Gasteiger partial charge in [-0.1, -0.05) is 35.9 Å². The molecule has 0 bridgehead atoms. The Morgan fingerprint density at radius 3 is 2.50 bits per heavy atom. The van der Waals surface area contributed by atoms with E-state index in [0.717, 1.165) is 55.8 Å². The summed E-state index contributed by atoms with van der Waals surface area (Å²) >= 11 is 8.07. The third-order valence-corrected chi connectivity index (χ3v) is 11.5. The summed E-state index contributed by atoms with van der Waals surface area (Å²) in [6.45, 7) is 5.18. The van der Waals surface area contributed by atoms with Crippen LogP contribution < -0.4 is 14.2 Å². The number of thiophene rings is 1. The number of ether oxygens (including phenoxy) is 3. The molecule has 1 aliphatic heterocycles. The number of alkyl halides is 3. The fraction of sp³-hybridized carbons (Fsp3) is 0.333. The fourth-order valence-corrected chi connectivity index (χ4v) is 8.19. The van der Waals surface area contributed by atoms with Crippen molar-refractivity contribution in [1.82, 2.24) is 29.5 Å². The molecule has 4 aromatic heterocycles. The number of aromatic nitrogens is 4. The van der Waals surface area contributed by atoms with Crippen LogP contribution in [-0.2, 0) is 16.7 Å². The Balaban J connectivity index is 1.23. The Labute approximate surface area is 354 Å². The Kier molecular flexibility index (Phi) is 12.6. The van der Waals surface area contributed by atoms with E-state index in [-0.39, 0.29) is 34.0 Å². The van der Waals surface area contributed by atoms with Crippen LogP contribution >= 0.6 is 22.9 Å². The quantitative estimate of drug-likeness (QED) is 0.0915. The van der Waals surface area contributed by atoms with Gasteiger partial charge in [-0.05, 0) is 60.7 Å². The molecule has 12 nitrogen and oxygen atoms in total. The molecule has 60 heavy (non-hydrogen) atoms. The summed E-state index contributed by atoms with van der Waals surface area (Å²) in [5.41, 5.74) is 1.25. The Bertz CT molecular complexity index is 2500. The van der Waals surface area contributed by atoms with Gasteiger partial charge in [0.1, 0.15) is 57.3 Å². The number of likely N-dealkylation sites (N-methyl/N-ethyl adjacent to an activating group) is 1. The SMILES string of the molecule is [B]C(c1ccccc1OC([B])([B])c1ccnn1CC(F)(F)F)C(Oc1ncnc2sc(-c3ccc(F)o3)c(-c3ccc(OCCN4CCN(C)CC4)c(Cl)c3C)c12)C(=O)O. The standard InChI is InChI=1S/C39H34B3ClF4N6O6S/c1-21-22(7-8-25(32(21)43)56-18-17-52-15-13-51(2)14-16-52)29-30-35(48-20-49-36(30)60-34(29)26-9-10-28(44)57-26)58-33(37(54)55)31(40)23-5-3-4-6-24(23)59-39(41,42)27-11-12-50-53(27)19-38(45,46)47/h3-12,20,31,33H,13-19H2,1-2H3,(H,54,55). The van der Waals surface area contributed by atoms with Crippen LogP contribution in [0.2, 0.25) is 5.02 Å². The number of piperazine rings is 1. The molecular formula is C39H34B3ClF4N6O6S. The van der Waals surface area contributed by atoms with Gasteiger partial charge in [0.25, 0.3) is 6.01 Å². The first-order valence-electron chi connectivity index (χ1n) is 18.5. The predicted octanol–water partition coefficient (Wildman–Crippen LogP) is 6.37. The molecule has 1 saturated heterocycles. The number of aliphatic carboxylic acids is 1. The highest BCUT2D eigenvalue weighted by Crippen LogP contribution is 2.50. The minimum absolute atomic E-state index is 0.0282. The zero-order chi connectivity index (χ0) is 42.9. The maximum atomic E-state index is 14.3. The molecule has 0 aliphatic carbocycles. The first-order chi connectivity index (χ1) is 28.5. The highest BCUT2D eigenvalue weighted by Gasteiger charge is 2.36. The van der Waals surface area contributed by atoms with Crippen molar-refractivity contribution in [3.8, 4) is 39.1 Å². The normalized spacial score (nSPS) is 15.2. The van der Waals surface area contributed by atoms with Crippen LogP contribution in [0.1, 0.15) is 22.6 Å². The van der Waals surface area contributed by atoms with Crippen molar-refractivity contribution in [3.63, 3.8) is 0 Å². The molecule has 0 spiro atoms. The number of fused-ring (bicyclic) bond motifs is 1. The smallest absolute Gasteiger partial charge is 0.408 e. The largest absolute Gasteiger partial charge is 0.501 e. The highest BCUT2D eigenvalue weighted by atomic mass is 35.5. The van der Waals surface area contributed by atoms with E-state index < -0.39 is 42.0 Å². The lowest BCUT2D eigenvalue weighted by Crippen LogP contribution is -2.45. The molecule has 2 unspecified atom stereocenters. The predicted molar refractivity (Wildman–Crippen MR) is 219 cm³/mol. The van der Waals surface area contributed by atoms with Gasteiger partial charge >= 0.3 is 12.1 Å². The number of halogens is 5. The van der Waals surface area contributed by atoms with Crippen molar-refractivity contribution in [2.45, 2.75) is 37.0 Å². The van der Waals surface area contributed by atoms with Crippen LogP contribution in [0.3, 0.4) is 0 Å². The van der Waals surface area contributed by atoms with Crippen LogP contribution in [0.4, 0.5) is 17.6 Å². The molecule has 0 amide bonds. The summed E-state index contributed by atoms with van der Waals surface area (Å²) in [6.07, 6.45) is -4.27. The summed E-state index contributed by atoms with van der Waals surface area (Å²) in [7, 11) is 21.1. The first-order valence-corrected chi connectivity index (χ1v) is 19.7. The number of benzene rings is 2. The van der Waals surface area contributed by atoms with Gasteiger partial charge in [0.2, 0.25) is 5.88 Å². The number of para-hydroxylation sites is 1. The minimum atomic E-state index is -4.65. The van der Waals surface area contributed by atoms with Crippen molar-refractivity contribution in [2.75, 3.05) is 46.4 Å². The molecule has 6 aromatic rings. The van der Waals surface area contributed by atoms with Gasteiger partial charge < -0.3 is 28.6 Å². The average molecular weight is 859 g/mol. The van der Waals surface area contributed by atoms with Gasteiger partial charge in [0.05, 0.1) is 34.2 Å². The summed E-state index contributed by atoms with van der Waals surface area (Å²) < 4.78 is 78.3. The summed E-state index contributed by atoms with van der Waals surface area (Å²) in [5.74, 6) is -2.77. The van der Waals surface area contributed by atoms with E-state index >= 15 is 0 Å². The summed E-state index contributed by atoms with van der Waals surface area (Å²) in [5, 5.41) is 12.4. The molecule has 0 saturated carbocycles. The van der Waals surface area contributed by atoms with Crippen LogP contribution in [-0.4, -0.2) is 123 Å². The van der Waals surface area contributed by atoms with E-state index in [0.29, 0.717) is 55.0 Å². The van der Waals surface area contributed by atoms with Crippen LogP contribution in [0.25, 0.3) is 32.0 Å². The van der Waals surface area contributed by atoms with Crippen molar-refractivity contribution >= 4 is 62.7 Å². The molecule has 21 heteroatoms. The van der Waals surface area contributed by atoms with Gasteiger partial charge in [-0.2, -0.15) is 22.7 Å². The lowest BCUT2D eigenvalue weighted by molar-refractivity contribution is -0.145. The van der Waals surface area contributed by atoms with Crippen LogP contribution in [0, 0.1) is 12.9 Å². The number of rotatable bonds is 15. The van der Waals surface area contributed by atoms with Gasteiger partial charge in [-0.15, -0.1) is 11.3 Å². The van der Waals surface area contributed by atoms with Crippen LogP contribution in [0.15, 0.2) is 71.5 Å². The third-order valence-electron chi connectivity index (χ3n) is 9.94. The second kappa shape index (κ2) is 17.5. The molecule has 306 valence electrons. The monoisotopic (exact) mass is 858 g/mol. The highest BCUT2D eigenvalue weighted by molar-refractivity contribution is 7.22. The van der Waals surface area contributed by atoms with Crippen molar-refractivity contribution in [2.24, 2.45) is 0 Å². The number of carbonyl (C=O) groups is 1. The molecule has 1 N–H and O–H groups in total. The van der Waals surface area contributed by atoms with E-state index in [1.807, 2.05) is 0 Å². The van der Waals surface area contributed by atoms with E-state index in [9.17, 15) is 27.5 Å². The van der Waals surface area contributed by atoms with Gasteiger partial charge in [-0.25, -0.2) is 14.8 Å². The molecule has 1 aliphatic rings. The molecule has 7 rings (SSSR count). The summed E-state index contributed by atoms with van der Waals surface area (Å²) in [6, 6.07) is 12.3. The maximum Gasteiger partial charge on any atom is 0.408 e. The van der Waals surface area contributed by atoms with E-state index in [2.05, 4.69) is 31.9 Å². The molecule has 6 radical (unpaired) electrons. The summed E-state index contributed by atoms with van der Waals surface area (Å²) in [4.78, 5) is 27.1. The molecular weight excluding hydrogens is 824 g/mol. The number of furan rings is 1. The van der Waals surface area contributed by atoms with E-state index in [4.69, 9.17) is 53.8 Å². The maximum absolute atomic E-state index is 14.3. The third kappa shape index (κ3) is 9.31. The first kappa shape index (κ1) is 43.1. The second-order valence-electron chi connectivity index (χ2n) is 14.1. The molecule has 1 fully saturated rings. The van der Waals surface area contributed by atoms with E-state index in [1.54, 1.807) is 19.1 Å². The number of carboxylic acids is 1. The lowest BCUT2D eigenvalue weighted by Gasteiger charge is -2.32. The Morgan fingerprint density at radius 2 is 1.80 bits per heavy atom. The number of carboxylic acid groups (broad SMARTS) is 1. The lowest BCUT2D eigenvalue weighted by atomic mass is 9.63. The van der Waals surface area contributed by atoms with Crippen molar-refractivity contribution in [3.05, 3.63) is 95.0 Å². The van der Waals surface area contributed by atoms with E-state index in [1.165, 1.54) is 36.7 Å². The fourth-order valence-electron chi connectivity index (χ4n) is 6.87. The molecule has 5 heterocycles. The topological polar surface area (TPSA) is 128 Å². The number of hydrogen-bond acceptors (Lipinski definition) is 11. The van der Waals surface area contributed by atoms with Crippen LogP contribution in [0.5, 0.6) is 17.4 Å². The molecule has 2 atom stereocenters. The Hall–Kier alpha value is -5.04. The van der Waals surface area contributed by atoms with Crippen molar-refractivity contribution in [1.29, 1.82) is 0 Å². The van der Waals surface area contributed by atoms with Gasteiger partial charge in [0, 0.05) is 50.6 Å². The molecule has 2 aromatic carbocycles. The van der Waals surface area contributed by atoms with Gasteiger partial charge in [0.15, 0.2) is 6.10 Å². The second-order valence-corrected chi connectivity index (χ2v) is 15.5. The number of nitrogens with zero attached hydrogens (tertiary/aromatic N) is 6.